The number of ether oxygens (including phenoxy) is 3. The van der Waals surface area contributed by atoms with Crippen molar-refractivity contribution >= 4 is 11.6 Å². The van der Waals surface area contributed by atoms with Crippen LogP contribution in [0.2, 0.25) is 0 Å². The zero-order chi connectivity index (χ0) is 16.4. The molecule has 120 valence electrons. The van der Waals surface area contributed by atoms with Crippen molar-refractivity contribution in [1.82, 2.24) is 5.32 Å². The number of fused-ring (bicyclic) bond motifs is 1. The molecule has 0 saturated carbocycles. The van der Waals surface area contributed by atoms with E-state index < -0.39 is 6.17 Å². The summed E-state index contributed by atoms with van der Waals surface area (Å²) < 4.78 is 16.1. The van der Waals surface area contributed by atoms with E-state index in [2.05, 4.69) is 10.6 Å². The number of amides is 1. The average molecular weight is 314 g/mol. The van der Waals surface area contributed by atoms with E-state index in [1.807, 2.05) is 18.2 Å². The fourth-order valence-corrected chi connectivity index (χ4v) is 2.64. The van der Waals surface area contributed by atoms with Crippen LogP contribution in [0.5, 0.6) is 17.2 Å². The molecule has 0 fully saturated rings. The molecular formula is C17H18N2O4. The lowest BCUT2D eigenvalue weighted by Crippen LogP contribution is -2.38. The molecule has 23 heavy (non-hydrogen) atoms. The van der Waals surface area contributed by atoms with Gasteiger partial charge in [0.15, 0.2) is 11.5 Å². The molecule has 1 atom stereocenters. The Morgan fingerprint density at radius 1 is 0.870 bits per heavy atom. The monoisotopic (exact) mass is 314 g/mol. The predicted octanol–water partition coefficient (Wildman–Crippen LogP) is 2.57. The summed E-state index contributed by atoms with van der Waals surface area (Å²) in [7, 11) is 4.70. The third-order valence-corrected chi connectivity index (χ3v) is 3.79. The molecule has 0 saturated heterocycles. The maximum atomic E-state index is 12.3. The first kappa shape index (κ1) is 15.0. The van der Waals surface area contributed by atoms with Crippen molar-refractivity contribution in [3.05, 3.63) is 47.5 Å². The Bertz CT molecular complexity index is 745. The van der Waals surface area contributed by atoms with Gasteiger partial charge in [0.1, 0.15) is 11.9 Å². The molecule has 1 aliphatic rings. The third-order valence-electron chi connectivity index (χ3n) is 3.79. The summed E-state index contributed by atoms with van der Waals surface area (Å²) in [5.74, 6) is 1.59. The van der Waals surface area contributed by atoms with E-state index in [1.165, 1.54) is 0 Å². The summed E-state index contributed by atoms with van der Waals surface area (Å²) in [5, 5.41) is 6.22. The van der Waals surface area contributed by atoms with E-state index in [9.17, 15) is 4.79 Å². The fourth-order valence-electron chi connectivity index (χ4n) is 2.64. The Kier molecular flexibility index (Phi) is 3.97. The highest BCUT2D eigenvalue weighted by molar-refractivity contribution is 6.01. The van der Waals surface area contributed by atoms with Crippen molar-refractivity contribution < 1.29 is 19.0 Å². The largest absolute Gasteiger partial charge is 0.496 e. The first-order chi connectivity index (χ1) is 11.2. The fraction of sp³-hybridized carbons (Fsp3) is 0.235. The van der Waals surface area contributed by atoms with Gasteiger partial charge in [-0.05, 0) is 18.2 Å². The van der Waals surface area contributed by atoms with Crippen LogP contribution >= 0.6 is 0 Å². The molecule has 0 unspecified atom stereocenters. The van der Waals surface area contributed by atoms with Crippen molar-refractivity contribution in [1.29, 1.82) is 0 Å². The first-order valence-corrected chi connectivity index (χ1v) is 7.14. The second-order valence-electron chi connectivity index (χ2n) is 5.05. The number of hydrogen-bond donors (Lipinski definition) is 2. The van der Waals surface area contributed by atoms with Gasteiger partial charge < -0.3 is 24.8 Å². The van der Waals surface area contributed by atoms with Crippen LogP contribution in [0.25, 0.3) is 0 Å². The van der Waals surface area contributed by atoms with Gasteiger partial charge in [-0.15, -0.1) is 0 Å². The summed E-state index contributed by atoms with van der Waals surface area (Å²) in [6.07, 6.45) is -0.424. The summed E-state index contributed by atoms with van der Waals surface area (Å²) in [5.41, 5.74) is 2.15. The smallest absolute Gasteiger partial charge is 0.255 e. The van der Waals surface area contributed by atoms with E-state index in [0.29, 0.717) is 22.8 Å². The Morgan fingerprint density at radius 2 is 1.52 bits per heavy atom. The first-order valence-electron chi connectivity index (χ1n) is 7.14. The van der Waals surface area contributed by atoms with Gasteiger partial charge in [-0.3, -0.25) is 4.79 Å². The molecule has 2 N–H and O–H groups in total. The molecule has 1 aliphatic heterocycles. The van der Waals surface area contributed by atoms with Gasteiger partial charge in [0.05, 0.1) is 26.9 Å². The number of benzene rings is 2. The molecule has 2 aromatic carbocycles. The topological polar surface area (TPSA) is 68.8 Å². The zero-order valence-electron chi connectivity index (χ0n) is 13.2. The van der Waals surface area contributed by atoms with Crippen LogP contribution in [0.1, 0.15) is 22.1 Å². The van der Waals surface area contributed by atoms with Crippen LogP contribution in [-0.2, 0) is 0 Å². The van der Waals surface area contributed by atoms with Crippen molar-refractivity contribution in [2.75, 3.05) is 26.6 Å². The molecule has 0 aromatic heterocycles. The Morgan fingerprint density at radius 3 is 2.22 bits per heavy atom. The van der Waals surface area contributed by atoms with Crippen molar-refractivity contribution in [2.24, 2.45) is 0 Å². The molecule has 0 radical (unpaired) electrons. The highest BCUT2D eigenvalue weighted by Crippen LogP contribution is 2.39. The van der Waals surface area contributed by atoms with Crippen LogP contribution in [-0.4, -0.2) is 27.2 Å². The van der Waals surface area contributed by atoms with E-state index in [1.54, 1.807) is 39.5 Å². The van der Waals surface area contributed by atoms with Gasteiger partial charge in [0.2, 0.25) is 0 Å². The van der Waals surface area contributed by atoms with Gasteiger partial charge in [0.25, 0.3) is 5.91 Å². The Labute approximate surface area is 134 Å². The van der Waals surface area contributed by atoms with E-state index in [-0.39, 0.29) is 5.91 Å². The lowest BCUT2D eigenvalue weighted by atomic mass is 10.0. The predicted molar refractivity (Wildman–Crippen MR) is 86.4 cm³/mol. The van der Waals surface area contributed by atoms with Crippen LogP contribution in [0.4, 0.5) is 5.69 Å². The standard InChI is InChI=1S/C17H18N2O4/c1-21-13-9-15(23-3)14(22-2)8-11(13)16-18-12-7-5-4-6-10(12)17(20)19-16/h4-9,16,18H,1-3H3,(H,19,20)/t16-/m0/s1. The number of nitrogens with one attached hydrogen (secondary N) is 2. The molecule has 1 heterocycles. The number of methoxy groups -OCH3 is 3. The number of hydrogen-bond acceptors (Lipinski definition) is 5. The second-order valence-corrected chi connectivity index (χ2v) is 5.05. The normalized spacial score (nSPS) is 16.0. The third kappa shape index (κ3) is 2.63. The van der Waals surface area contributed by atoms with Gasteiger partial charge >= 0.3 is 0 Å². The molecule has 6 heteroatoms. The van der Waals surface area contributed by atoms with Crippen molar-refractivity contribution in [3.8, 4) is 17.2 Å². The van der Waals surface area contributed by atoms with E-state index >= 15 is 0 Å². The maximum absolute atomic E-state index is 12.3. The van der Waals surface area contributed by atoms with Crippen LogP contribution in [0.15, 0.2) is 36.4 Å². The minimum absolute atomic E-state index is 0.138. The van der Waals surface area contributed by atoms with Gasteiger partial charge in [-0.1, -0.05) is 12.1 Å². The molecule has 3 rings (SSSR count). The minimum Gasteiger partial charge on any atom is -0.496 e. The number of carbonyl (C=O) groups excluding carboxylic acids is 1. The molecule has 1 amide bonds. The molecule has 6 nitrogen and oxygen atoms in total. The van der Waals surface area contributed by atoms with E-state index in [0.717, 1.165) is 11.3 Å². The van der Waals surface area contributed by atoms with Crippen molar-refractivity contribution in [3.63, 3.8) is 0 Å². The lowest BCUT2D eigenvalue weighted by molar-refractivity contribution is 0.0935. The summed E-state index contributed by atoms with van der Waals surface area (Å²) >= 11 is 0. The zero-order valence-corrected chi connectivity index (χ0v) is 13.2. The van der Waals surface area contributed by atoms with Crippen LogP contribution in [0.3, 0.4) is 0 Å². The summed E-state index contributed by atoms with van der Waals surface area (Å²) in [6.45, 7) is 0. The number of rotatable bonds is 4. The van der Waals surface area contributed by atoms with Crippen molar-refractivity contribution in [2.45, 2.75) is 6.17 Å². The maximum Gasteiger partial charge on any atom is 0.255 e. The highest BCUT2D eigenvalue weighted by atomic mass is 16.5. The number of carbonyl (C=O) groups is 1. The second kappa shape index (κ2) is 6.08. The number of anilines is 1. The quantitative estimate of drug-likeness (QED) is 0.908. The number of para-hydroxylation sites is 1. The highest BCUT2D eigenvalue weighted by Gasteiger charge is 2.27. The Balaban J connectivity index is 2.04. The van der Waals surface area contributed by atoms with E-state index in [4.69, 9.17) is 14.2 Å². The SMILES string of the molecule is COc1cc(OC)c([C@@H]2NC(=O)c3ccccc3N2)cc1OC. The van der Waals surface area contributed by atoms with Gasteiger partial charge in [-0.2, -0.15) is 0 Å². The van der Waals surface area contributed by atoms with Crippen LogP contribution < -0.4 is 24.8 Å². The average Bonchev–Trinajstić information content (AvgIpc) is 2.60. The van der Waals surface area contributed by atoms with Gasteiger partial charge in [-0.25, -0.2) is 0 Å². The summed E-state index contributed by atoms with van der Waals surface area (Å²) in [4.78, 5) is 12.3. The Hall–Kier alpha value is -2.89. The minimum atomic E-state index is -0.424. The van der Waals surface area contributed by atoms with Gasteiger partial charge in [0, 0.05) is 17.3 Å². The molecule has 0 spiro atoms. The molecule has 0 aliphatic carbocycles. The molecule has 0 bridgehead atoms. The summed E-state index contributed by atoms with van der Waals surface area (Å²) in [6, 6.07) is 10.9. The molecular weight excluding hydrogens is 296 g/mol. The lowest BCUT2D eigenvalue weighted by Gasteiger charge is -2.29. The van der Waals surface area contributed by atoms with Crippen LogP contribution in [0, 0.1) is 0 Å². The molecule has 2 aromatic rings.